The van der Waals surface area contributed by atoms with Crippen molar-refractivity contribution in [1.29, 1.82) is 0 Å². The van der Waals surface area contributed by atoms with Crippen LogP contribution >= 0.6 is 0 Å². The maximum Gasteiger partial charge on any atom is 0.161 e. The smallest absolute Gasteiger partial charge is 0.161 e. The van der Waals surface area contributed by atoms with Gasteiger partial charge >= 0.3 is 0 Å². The molecule has 3 rings (SSSR count). The Balaban J connectivity index is 1.64. The van der Waals surface area contributed by atoms with Crippen LogP contribution < -0.4 is 9.47 Å². The number of aliphatic hydroxyl groups is 1. The summed E-state index contributed by atoms with van der Waals surface area (Å²) >= 11 is 0. The van der Waals surface area contributed by atoms with Gasteiger partial charge in [-0.3, -0.25) is 9.80 Å². The topological polar surface area (TPSA) is 45.2 Å². The number of hydrogen-bond acceptors (Lipinski definition) is 5. The molecule has 5 heteroatoms. The summed E-state index contributed by atoms with van der Waals surface area (Å²) < 4.78 is 10.8. The number of hydrogen-bond donors (Lipinski definition) is 1. The van der Waals surface area contributed by atoms with Crippen molar-refractivity contribution >= 4 is 0 Å². The van der Waals surface area contributed by atoms with E-state index >= 15 is 0 Å². The maximum atomic E-state index is 9.51. The summed E-state index contributed by atoms with van der Waals surface area (Å²) in [6.07, 6.45) is 6.26. The fourth-order valence-electron chi connectivity index (χ4n) is 4.44. The van der Waals surface area contributed by atoms with Crippen LogP contribution in [0.15, 0.2) is 18.2 Å². The van der Waals surface area contributed by atoms with Crippen molar-refractivity contribution in [2.75, 3.05) is 40.5 Å². The van der Waals surface area contributed by atoms with E-state index in [2.05, 4.69) is 21.9 Å². The van der Waals surface area contributed by atoms with Crippen LogP contribution in [0.2, 0.25) is 0 Å². The van der Waals surface area contributed by atoms with E-state index in [1.807, 2.05) is 6.07 Å². The Bertz CT molecular complexity index is 546. The van der Waals surface area contributed by atoms with E-state index in [4.69, 9.17) is 9.47 Å². The lowest BCUT2D eigenvalue weighted by molar-refractivity contribution is 0.0267. The van der Waals surface area contributed by atoms with Crippen molar-refractivity contribution < 1.29 is 14.6 Å². The predicted octanol–water partition coefficient (Wildman–Crippen LogP) is 2.52. The predicted molar refractivity (Wildman–Crippen MR) is 99.3 cm³/mol. The first-order valence-corrected chi connectivity index (χ1v) is 9.55. The summed E-state index contributed by atoms with van der Waals surface area (Å²) in [6, 6.07) is 7.38. The number of nitrogens with zero attached hydrogens (tertiary/aromatic N) is 2. The van der Waals surface area contributed by atoms with Crippen LogP contribution in [0, 0.1) is 0 Å². The van der Waals surface area contributed by atoms with Crippen LogP contribution in [0.3, 0.4) is 0 Å². The van der Waals surface area contributed by atoms with Gasteiger partial charge in [-0.1, -0.05) is 18.9 Å². The molecule has 140 valence electrons. The number of ether oxygens (including phenoxy) is 2. The highest BCUT2D eigenvalue weighted by atomic mass is 16.5. The Morgan fingerprint density at radius 3 is 2.52 bits per heavy atom. The number of methoxy groups -OCH3 is 2. The second-order valence-electron chi connectivity index (χ2n) is 7.27. The third-order valence-corrected chi connectivity index (χ3v) is 5.72. The molecule has 2 aliphatic rings. The third-order valence-electron chi connectivity index (χ3n) is 5.72. The van der Waals surface area contributed by atoms with Gasteiger partial charge in [0.2, 0.25) is 0 Å². The van der Waals surface area contributed by atoms with Crippen LogP contribution in [-0.4, -0.2) is 67.5 Å². The molecule has 1 aliphatic heterocycles. The van der Waals surface area contributed by atoms with Gasteiger partial charge in [0.05, 0.1) is 14.2 Å². The van der Waals surface area contributed by atoms with Gasteiger partial charge < -0.3 is 14.6 Å². The molecule has 1 aliphatic carbocycles. The van der Waals surface area contributed by atoms with Crippen LogP contribution in [0.1, 0.15) is 37.7 Å². The van der Waals surface area contributed by atoms with E-state index in [9.17, 15) is 5.11 Å². The summed E-state index contributed by atoms with van der Waals surface area (Å²) in [6.45, 7) is 4.43. The molecule has 0 radical (unpaired) electrons. The average molecular weight is 348 g/mol. The third kappa shape index (κ3) is 4.46. The Kier molecular flexibility index (Phi) is 6.57. The largest absolute Gasteiger partial charge is 0.493 e. The van der Waals surface area contributed by atoms with Gasteiger partial charge in [0.15, 0.2) is 11.5 Å². The van der Waals surface area contributed by atoms with Gasteiger partial charge in [-0.05, 0) is 37.0 Å². The highest BCUT2D eigenvalue weighted by Crippen LogP contribution is 2.30. The lowest BCUT2D eigenvalue weighted by Gasteiger charge is -2.44. The molecule has 0 bridgehead atoms. The molecule has 0 aromatic heterocycles. The van der Waals surface area contributed by atoms with Crippen LogP contribution in [-0.2, 0) is 6.54 Å². The van der Waals surface area contributed by atoms with E-state index in [1.54, 1.807) is 14.2 Å². The monoisotopic (exact) mass is 348 g/mol. The Morgan fingerprint density at radius 1 is 1.08 bits per heavy atom. The minimum atomic E-state index is 0.276. The van der Waals surface area contributed by atoms with E-state index in [0.29, 0.717) is 6.04 Å². The van der Waals surface area contributed by atoms with E-state index in [1.165, 1.54) is 31.2 Å². The quantitative estimate of drug-likeness (QED) is 0.820. The zero-order valence-electron chi connectivity index (χ0n) is 15.6. The number of benzene rings is 1. The second-order valence-corrected chi connectivity index (χ2v) is 7.27. The van der Waals surface area contributed by atoms with Crippen molar-refractivity contribution in [3.05, 3.63) is 23.8 Å². The lowest BCUT2D eigenvalue weighted by atomic mass is 10.0. The van der Waals surface area contributed by atoms with Gasteiger partial charge in [-0.15, -0.1) is 0 Å². The number of piperazine rings is 1. The molecule has 1 saturated heterocycles. The van der Waals surface area contributed by atoms with Crippen molar-refractivity contribution in [2.45, 2.75) is 50.7 Å². The average Bonchev–Trinajstić information content (AvgIpc) is 3.16. The molecular formula is C20H32N2O3. The van der Waals surface area contributed by atoms with Gasteiger partial charge in [0, 0.05) is 44.9 Å². The Morgan fingerprint density at radius 2 is 1.84 bits per heavy atom. The van der Waals surface area contributed by atoms with Gasteiger partial charge in [0.1, 0.15) is 0 Å². The zero-order valence-corrected chi connectivity index (χ0v) is 15.6. The summed E-state index contributed by atoms with van der Waals surface area (Å²) in [7, 11) is 3.35. The molecule has 1 N–H and O–H groups in total. The number of rotatable bonds is 7. The first kappa shape index (κ1) is 18.5. The minimum Gasteiger partial charge on any atom is -0.493 e. The molecule has 1 unspecified atom stereocenters. The molecule has 0 amide bonds. The first-order chi connectivity index (χ1) is 12.2. The molecule has 1 heterocycles. The van der Waals surface area contributed by atoms with Crippen LogP contribution in [0.25, 0.3) is 0 Å². The summed E-state index contributed by atoms with van der Waals surface area (Å²) in [5.74, 6) is 1.56. The first-order valence-electron chi connectivity index (χ1n) is 9.55. The van der Waals surface area contributed by atoms with Crippen LogP contribution in [0.4, 0.5) is 0 Å². The second kappa shape index (κ2) is 8.88. The van der Waals surface area contributed by atoms with Crippen molar-refractivity contribution in [3.8, 4) is 11.5 Å². The Labute approximate surface area is 151 Å². The van der Waals surface area contributed by atoms with Gasteiger partial charge in [-0.25, -0.2) is 0 Å². The fraction of sp³-hybridized carbons (Fsp3) is 0.700. The van der Waals surface area contributed by atoms with Crippen molar-refractivity contribution in [3.63, 3.8) is 0 Å². The maximum absolute atomic E-state index is 9.51. The fourth-order valence-corrected chi connectivity index (χ4v) is 4.44. The van der Waals surface area contributed by atoms with E-state index < -0.39 is 0 Å². The summed E-state index contributed by atoms with van der Waals surface area (Å²) in [5, 5.41) is 9.51. The van der Waals surface area contributed by atoms with Crippen molar-refractivity contribution in [2.24, 2.45) is 0 Å². The van der Waals surface area contributed by atoms with E-state index in [0.717, 1.165) is 50.1 Å². The molecular weight excluding hydrogens is 316 g/mol. The Hall–Kier alpha value is -1.30. The van der Waals surface area contributed by atoms with Gasteiger partial charge in [-0.2, -0.15) is 0 Å². The molecule has 2 fully saturated rings. The highest BCUT2D eigenvalue weighted by molar-refractivity contribution is 5.42. The highest BCUT2D eigenvalue weighted by Gasteiger charge is 2.32. The minimum absolute atomic E-state index is 0.276. The lowest BCUT2D eigenvalue weighted by Crippen LogP contribution is -2.55. The van der Waals surface area contributed by atoms with Gasteiger partial charge in [0.25, 0.3) is 0 Å². The standard InChI is InChI=1S/C20H32N2O3/c1-24-19-8-7-16(13-20(19)25-2)14-21-10-11-22(17-5-3-4-6-17)18(15-21)9-12-23/h7-8,13,17-18,23H,3-6,9-12,14-15H2,1-2H3. The molecule has 1 aromatic rings. The molecule has 0 spiro atoms. The molecule has 1 saturated carbocycles. The van der Waals surface area contributed by atoms with Crippen molar-refractivity contribution in [1.82, 2.24) is 9.80 Å². The molecule has 5 nitrogen and oxygen atoms in total. The number of aliphatic hydroxyl groups excluding tert-OH is 1. The molecule has 1 aromatic carbocycles. The van der Waals surface area contributed by atoms with Crippen LogP contribution in [0.5, 0.6) is 11.5 Å². The van der Waals surface area contributed by atoms with E-state index in [-0.39, 0.29) is 6.61 Å². The summed E-state index contributed by atoms with van der Waals surface area (Å²) in [5.41, 5.74) is 1.25. The summed E-state index contributed by atoms with van der Waals surface area (Å²) in [4.78, 5) is 5.18. The SMILES string of the molecule is COc1ccc(CN2CCN(C3CCCC3)C(CCO)C2)cc1OC. The normalized spacial score (nSPS) is 23.1. The molecule has 25 heavy (non-hydrogen) atoms. The zero-order chi connectivity index (χ0) is 17.6. The molecule has 1 atom stereocenters.